The van der Waals surface area contributed by atoms with Crippen LogP contribution < -0.4 is 4.90 Å². The monoisotopic (exact) mass is 337 g/mol. The van der Waals surface area contributed by atoms with E-state index in [1.165, 1.54) is 6.07 Å². The Bertz CT molecular complexity index is 462. The molecule has 2 rings (SSSR count). The van der Waals surface area contributed by atoms with Crippen LogP contribution in [0, 0.1) is 5.92 Å². The van der Waals surface area contributed by atoms with Crippen LogP contribution in [0.1, 0.15) is 18.9 Å². The third-order valence-electron chi connectivity index (χ3n) is 3.51. The summed E-state index contributed by atoms with van der Waals surface area (Å²) in [7, 11) is 0. The molecule has 0 spiro atoms. The van der Waals surface area contributed by atoms with Crippen LogP contribution in [0.15, 0.2) is 22.7 Å². The average molecular weight is 338 g/mol. The Labute approximate surface area is 118 Å². The molecule has 1 aromatic carbocycles. The van der Waals surface area contributed by atoms with E-state index in [4.69, 9.17) is 0 Å². The van der Waals surface area contributed by atoms with Crippen LogP contribution in [0.2, 0.25) is 0 Å². The molecule has 0 saturated carbocycles. The van der Waals surface area contributed by atoms with Gasteiger partial charge in [0.05, 0.1) is 11.7 Å². The van der Waals surface area contributed by atoms with E-state index in [2.05, 4.69) is 15.9 Å². The van der Waals surface area contributed by atoms with Crippen LogP contribution in [0.4, 0.5) is 18.9 Å². The third-order valence-corrected chi connectivity index (χ3v) is 4.00. The fourth-order valence-corrected chi connectivity index (χ4v) is 2.77. The predicted octanol–water partition coefficient (Wildman–Crippen LogP) is 3.68. The number of rotatable bonds is 2. The summed E-state index contributed by atoms with van der Waals surface area (Å²) in [5, 5.41) is 9.53. The van der Waals surface area contributed by atoms with Gasteiger partial charge in [0.2, 0.25) is 0 Å². The summed E-state index contributed by atoms with van der Waals surface area (Å²) in [4.78, 5) is 1.70. The Balaban J connectivity index is 2.31. The summed E-state index contributed by atoms with van der Waals surface area (Å²) < 4.78 is 39.5. The van der Waals surface area contributed by atoms with Crippen molar-refractivity contribution in [1.29, 1.82) is 0 Å². The minimum Gasteiger partial charge on any atom is -0.393 e. The standard InChI is InChI=1S/C13H15BrF3NO/c1-8(19)9-4-5-18(7-9)12-3-2-10(14)6-11(12)13(15,16)17/h2-3,6,8-9,19H,4-5,7H2,1H3. The molecular formula is C13H15BrF3NO. The lowest BCUT2D eigenvalue weighted by atomic mass is 10.0. The van der Waals surface area contributed by atoms with Crippen molar-refractivity contribution in [3.8, 4) is 0 Å². The first-order chi connectivity index (χ1) is 8.79. The normalized spacial score (nSPS) is 21.8. The molecule has 1 aliphatic rings. The number of halogens is 4. The Hall–Kier alpha value is -0.750. The number of nitrogens with zero attached hydrogens (tertiary/aromatic N) is 1. The largest absolute Gasteiger partial charge is 0.418 e. The zero-order valence-corrected chi connectivity index (χ0v) is 12.0. The first-order valence-electron chi connectivity index (χ1n) is 6.09. The maximum absolute atomic E-state index is 13.0. The molecule has 1 N–H and O–H groups in total. The van der Waals surface area contributed by atoms with Gasteiger partial charge in [-0.25, -0.2) is 0 Å². The minimum absolute atomic E-state index is 0.0322. The fraction of sp³-hybridized carbons (Fsp3) is 0.538. The van der Waals surface area contributed by atoms with E-state index in [0.29, 0.717) is 24.0 Å². The molecule has 0 aliphatic carbocycles. The van der Waals surface area contributed by atoms with E-state index >= 15 is 0 Å². The average Bonchev–Trinajstić information content (AvgIpc) is 2.77. The van der Waals surface area contributed by atoms with Gasteiger partial charge in [0.15, 0.2) is 0 Å². The minimum atomic E-state index is -4.37. The lowest BCUT2D eigenvalue weighted by Crippen LogP contribution is -2.26. The number of alkyl halides is 3. The van der Waals surface area contributed by atoms with Crippen molar-refractivity contribution < 1.29 is 18.3 Å². The van der Waals surface area contributed by atoms with E-state index in [1.54, 1.807) is 17.9 Å². The summed E-state index contributed by atoms with van der Waals surface area (Å²) in [6, 6.07) is 4.20. The smallest absolute Gasteiger partial charge is 0.393 e. The summed E-state index contributed by atoms with van der Waals surface area (Å²) in [5.74, 6) is 0.0322. The Morgan fingerprint density at radius 1 is 1.42 bits per heavy atom. The lowest BCUT2D eigenvalue weighted by molar-refractivity contribution is -0.137. The summed E-state index contributed by atoms with van der Waals surface area (Å²) in [6.07, 6.45) is -4.15. The molecule has 0 aromatic heterocycles. The lowest BCUT2D eigenvalue weighted by Gasteiger charge is -2.24. The molecule has 2 nitrogen and oxygen atoms in total. The predicted molar refractivity (Wildman–Crippen MR) is 71.1 cm³/mol. The highest BCUT2D eigenvalue weighted by atomic mass is 79.9. The van der Waals surface area contributed by atoms with Gasteiger partial charge in [-0.15, -0.1) is 0 Å². The molecule has 1 aromatic rings. The van der Waals surface area contributed by atoms with Gasteiger partial charge in [-0.05, 0) is 31.5 Å². The Morgan fingerprint density at radius 3 is 2.63 bits per heavy atom. The Morgan fingerprint density at radius 2 is 2.11 bits per heavy atom. The van der Waals surface area contributed by atoms with Crippen LogP contribution in [0.3, 0.4) is 0 Å². The van der Waals surface area contributed by atoms with Crippen molar-refractivity contribution in [2.75, 3.05) is 18.0 Å². The highest BCUT2D eigenvalue weighted by molar-refractivity contribution is 9.10. The first kappa shape index (κ1) is 14.7. The molecular weight excluding hydrogens is 323 g/mol. The van der Waals surface area contributed by atoms with Crippen molar-refractivity contribution in [2.24, 2.45) is 5.92 Å². The van der Waals surface area contributed by atoms with Crippen molar-refractivity contribution in [2.45, 2.75) is 25.6 Å². The number of hydrogen-bond donors (Lipinski definition) is 1. The van der Waals surface area contributed by atoms with E-state index in [9.17, 15) is 18.3 Å². The van der Waals surface area contributed by atoms with Gasteiger partial charge in [-0.3, -0.25) is 0 Å². The van der Waals surface area contributed by atoms with E-state index < -0.39 is 17.8 Å². The molecule has 0 amide bonds. The molecule has 19 heavy (non-hydrogen) atoms. The van der Waals surface area contributed by atoms with Gasteiger partial charge in [0, 0.05) is 29.2 Å². The molecule has 1 saturated heterocycles. The zero-order valence-electron chi connectivity index (χ0n) is 10.4. The van der Waals surface area contributed by atoms with Crippen molar-refractivity contribution >= 4 is 21.6 Å². The molecule has 2 unspecified atom stereocenters. The number of hydrogen-bond acceptors (Lipinski definition) is 2. The second-order valence-electron chi connectivity index (χ2n) is 4.89. The summed E-state index contributed by atoms with van der Waals surface area (Å²) in [6.45, 7) is 2.68. The Kier molecular flexibility index (Phi) is 4.11. The van der Waals surface area contributed by atoms with E-state index in [-0.39, 0.29) is 11.6 Å². The summed E-state index contributed by atoms with van der Waals surface area (Å²) >= 11 is 3.07. The quantitative estimate of drug-likeness (QED) is 0.889. The van der Waals surface area contributed by atoms with Crippen molar-refractivity contribution in [3.63, 3.8) is 0 Å². The van der Waals surface area contributed by atoms with Gasteiger partial charge in [0.1, 0.15) is 0 Å². The number of aliphatic hydroxyl groups excluding tert-OH is 1. The van der Waals surface area contributed by atoms with Gasteiger partial charge >= 0.3 is 6.18 Å². The second-order valence-corrected chi connectivity index (χ2v) is 5.81. The van der Waals surface area contributed by atoms with Gasteiger partial charge in [-0.2, -0.15) is 13.2 Å². The zero-order chi connectivity index (χ0) is 14.2. The maximum Gasteiger partial charge on any atom is 0.418 e. The van der Waals surface area contributed by atoms with Crippen LogP contribution in [0.25, 0.3) is 0 Å². The van der Waals surface area contributed by atoms with Crippen LogP contribution >= 0.6 is 15.9 Å². The molecule has 1 heterocycles. The maximum atomic E-state index is 13.0. The van der Waals surface area contributed by atoms with Crippen molar-refractivity contribution in [1.82, 2.24) is 0 Å². The van der Waals surface area contributed by atoms with Gasteiger partial charge in [0.25, 0.3) is 0 Å². The molecule has 2 atom stereocenters. The third kappa shape index (κ3) is 3.23. The topological polar surface area (TPSA) is 23.5 Å². The number of anilines is 1. The first-order valence-corrected chi connectivity index (χ1v) is 6.88. The SMILES string of the molecule is CC(O)C1CCN(c2ccc(Br)cc2C(F)(F)F)C1. The highest BCUT2D eigenvalue weighted by Gasteiger charge is 2.37. The fourth-order valence-electron chi connectivity index (χ4n) is 2.41. The second kappa shape index (κ2) is 5.32. The van der Waals surface area contributed by atoms with Crippen LogP contribution in [0.5, 0.6) is 0 Å². The van der Waals surface area contributed by atoms with Gasteiger partial charge in [-0.1, -0.05) is 15.9 Å². The highest BCUT2D eigenvalue weighted by Crippen LogP contribution is 2.40. The number of aliphatic hydroxyl groups is 1. The molecule has 6 heteroatoms. The molecule has 106 valence electrons. The van der Waals surface area contributed by atoms with E-state index in [0.717, 1.165) is 6.07 Å². The molecule has 0 bridgehead atoms. The number of benzene rings is 1. The summed E-state index contributed by atoms with van der Waals surface area (Å²) in [5.41, 5.74) is -0.438. The van der Waals surface area contributed by atoms with E-state index in [1.807, 2.05) is 0 Å². The molecule has 0 radical (unpaired) electrons. The van der Waals surface area contributed by atoms with Crippen molar-refractivity contribution in [3.05, 3.63) is 28.2 Å². The molecule has 1 fully saturated rings. The van der Waals surface area contributed by atoms with Crippen LogP contribution in [-0.2, 0) is 6.18 Å². The van der Waals surface area contributed by atoms with Gasteiger partial charge < -0.3 is 10.0 Å². The molecule has 1 aliphatic heterocycles. The van der Waals surface area contributed by atoms with Crippen LogP contribution in [-0.4, -0.2) is 24.3 Å².